The van der Waals surface area contributed by atoms with E-state index in [1.54, 1.807) is 29.4 Å². The van der Waals surface area contributed by atoms with E-state index in [0.717, 1.165) is 25.3 Å². The first-order valence-corrected chi connectivity index (χ1v) is 7.20. The monoisotopic (exact) mass is 357 g/mol. The summed E-state index contributed by atoms with van der Waals surface area (Å²) in [5.74, 6) is 1.17. The maximum atomic E-state index is 12.3. The van der Waals surface area contributed by atoms with Gasteiger partial charge in [0.1, 0.15) is 12.1 Å². The summed E-state index contributed by atoms with van der Waals surface area (Å²) in [6.07, 6.45) is 7.88. The number of carbonyl (C=O) groups is 1. The van der Waals surface area contributed by atoms with Gasteiger partial charge in [-0.05, 0) is 31.0 Å². The van der Waals surface area contributed by atoms with Crippen LogP contribution in [0, 0.1) is 5.92 Å². The molecular weight excluding hydrogens is 337 g/mol. The Labute approximate surface area is 147 Å². The molecule has 2 atom stereocenters. The molecule has 6 nitrogen and oxygen atoms in total. The highest BCUT2D eigenvalue weighted by atomic mass is 35.5. The molecular formula is C15H21Cl2N5O. The van der Waals surface area contributed by atoms with Gasteiger partial charge in [-0.15, -0.1) is 24.8 Å². The number of rotatable bonds is 3. The summed E-state index contributed by atoms with van der Waals surface area (Å²) in [6.45, 7) is 4.02. The molecule has 126 valence electrons. The molecule has 3 heterocycles. The Kier molecular flexibility index (Phi) is 7.48. The summed E-state index contributed by atoms with van der Waals surface area (Å²) in [5.41, 5.74) is 0.580. The number of pyridine rings is 1. The van der Waals surface area contributed by atoms with E-state index < -0.39 is 0 Å². The largest absolute Gasteiger partial charge is 0.348 e. The van der Waals surface area contributed by atoms with Gasteiger partial charge < -0.3 is 10.6 Å². The molecule has 2 aromatic rings. The van der Waals surface area contributed by atoms with Gasteiger partial charge >= 0.3 is 0 Å². The summed E-state index contributed by atoms with van der Waals surface area (Å²) in [5, 5.41) is 6.39. The van der Waals surface area contributed by atoms with Crippen LogP contribution in [-0.4, -0.2) is 39.6 Å². The average Bonchev–Trinajstić information content (AvgIpc) is 3.04. The highest BCUT2D eigenvalue weighted by molar-refractivity contribution is 5.94. The van der Waals surface area contributed by atoms with Crippen molar-refractivity contribution in [2.24, 2.45) is 5.92 Å². The first kappa shape index (κ1) is 19.4. The number of carbonyl (C=O) groups excluding carboxylic acids is 1. The molecule has 0 aliphatic carbocycles. The van der Waals surface area contributed by atoms with E-state index in [-0.39, 0.29) is 36.8 Å². The van der Waals surface area contributed by atoms with E-state index in [2.05, 4.69) is 27.5 Å². The van der Waals surface area contributed by atoms with Crippen LogP contribution < -0.4 is 10.6 Å². The molecule has 0 bridgehead atoms. The van der Waals surface area contributed by atoms with Crippen molar-refractivity contribution >= 4 is 30.7 Å². The standard InChI is InChI=1S/C15H19N5O.2ClH/c1-11-4-5-16-9-13(11)19-15(21)12-2-3-14(18-8-12)20-7-6-17-10-20;;/h2-3,6-8,10-11,13,16H,4-5,9H2,1H3,(H,19,21);2*1H. The van der Waals surface area contributed by atoms with E-state index in [1.165, 1.54) is 0 Å². The number of amides is 1. The predicted octanol–water partition coefficient (Wildman–Crippen LogP) is 1.84. The van der Waals surface area contributed by atoms with Crippen molar-refractivity contribution in [1.82, 2.24) is 25.2 Å². The fraction of sp³-hybridized carbons (Fsp3) is 0.400. The first-order valence-electron chi connectivity index (χ1n) is 7.20. The topological polar surface area (TPSA) is 71.8 Å². The molecule has 3 rings (SSSR count). The van der Waals surface area contributed by atoms with Gasteiger partial charge in [0, 0.05) is 31.2 Å². The number of hydrogen-bond donors (Lipinski definition) is 2. The molecule has 1 amide bonds. The summed E-state index contributed by atoms with van der Waals surface area (Å²) >= 11 is 0. The minimum atomic E-state index is -0.0692. The van der Waals surface area contributed by atoms with E-state index >= 15 is 0 Å². The lowest BCUT2D eigenvalue weighted by molar-refractivity contribution is 0.0915. The van der Waals surface area contributed by atoms with Crippen molar-refractivity contribution in [3.8, 4) is 5.82 Å². The number of nitrogens with zero attached hydrogens (tertiary/aromatic N) is 3. The minimum Gasteiger partial charge on any atom is -0.348 e. The summed E-state index contributed by atoms with van der Waals surface area (Å²) in [7, 11) is 0. The van der Waals surface area contributed by atoms with Gasteiger partial charge in [-0.3, -0.25) is 9.36 Å². The van der Waals surface area contributed by atoms with Crippen LogP contribution in [0.15, 0.2) is 37.1 Å². The Bertz CT molecular complexity index is 603. The van der Waals surface area contributed by atoms with E-state index in [4.69, 9.17) is 0 Å². The molecule has 2 N–H and O–H groups in total. The molecule has 2 unspecified atom stereocenters. The third-order valence-electron chi connectivity index (χ3n) is 3.92. The van der Waals surface area contributed by atoms with Gasteiger partial charge in [0.2, 0.25) is 0 Å². The van der Waals surface area contributed by atoms with Crippen LogP contribution in [0.1, 0.15) is 23.7 Å². The summed E-state index contributed by atoms with van der Waals surface area (Å²) < 4.78 is 1.80. The summed E-state index contributed by atoms with van der Waals surface area (Å²) in [6, 6.07) is 3.79. The number of imidazole rings is 1. The van der Waals surface area contributed by atoms with Crippen molar-refractivity contribution in [3.63, 3.8) is 0 Å². The smallest absolute Gasteiger partial charge is 0.253 e. The molecule has 0 radical (unpaired) electrons. The first-order chi connectivity index (χ1) is 10.2. The second kappa shape index (κ2) is 8.86. The third-order valence-corrected chi connectivity index (χ3v) is 3.92. The number of piperidine rings is 1. The molecule has 1 fully saturated rings. The lowest BCUT2D eigenvalue weighted by Crippen LogP contribution is -2.50. The Morgan fingerprint density at radius 1 is 1.39 bits per heavy atom. The fourth-order valence-electron chi connectivity index (χ4n) is 2.50. The Morgan fingerprint density at radius 2 is 2.22 bits per heavy atom. The number of halogens is 2. The zero-order valence-corrected chi connectivity index (χ0v) is 14.4. The second-order valence-electron chi connectivity index (χ2n) is 5.43. The van der Waals surface area contributed by atoms with Gasteiger partial charge in [0.15, 0.2) is 0 Å². The zero-order valence-electron chi connectivity index (χ0n) is 12.8. The molecule has 23 heavy (non-hydrogen) atoms. The SMILES string of the molecule is CC1CCNCC1NC(=O)c1ccc(-n2ccnc2)nc1.Cl.Cl. The molecule has 0 saturated carbocycles. The minimum absolute atomic E-state index is 0. The molecule has 1 aliphatic rings. The molecule has 2 aromatic heterocycles. The van der Waals surface area contributed by atoms with Gasteiger partial charge in [0.05, 0.1) is 5.56 Å². The maximum absolute atomic E-state index is 12.3. The molecule has 1 saturated heterocycles. The van der Waals surface area contributed by atoms with Crippen molar-refractivity contribution in [3.05, 3.63) is 42.6 Å². The van der Waals surface area contributed by atoms with Crippen molar-refractivity contribution in [1.29, 1.82) is 0 Å². The van der Waals surface area contributed by atoms with E-state index in [1.807, 2.05) is 12.3 Å². The quantitative estimate of drug-likeness (QED) is 0.878. The van der Waals surface area contributed by atoms with Gasteiger partial charge in [-0.1, -0.05) is 6.92 Å². The lowest BCUT2D eigenvalue weighted by Gasteiger charge is -2.30. The Balaban J connectivity index is 0.00000132. The third kappa shape index (κ3) is 4.67. The lowest BCUT2D eigenvalue weighted by atomic mass is 9.94. The maximum Gasteiger partial charge on any atom is 0.253 e. The van der Waals surface area contributed by atoms with Crippen LogP contribution >= 0.6 is 24.8 Å². The Morgan fingerprint density at radius 3 is 2.83 bits per heavy atom. The number of nitrogens with one attached hydrogen (secondary N) is 2. The molecule has 1 aliphatic heterocycles. The number of hydrogen-bond acceptors (Lipinski definition) is 4. The summed E-state index contributed by atoms with van der Waals surface area (Å²) in [4.78, 5) is 20.5. The molecule has 0 spiro atoms. The van der Waals surface area contributed by atoms with Crippen LogP contribution in [0.5, 0.6) is 0 Å². The van der Waals surface area contributed by atoms with Crippen LogP contribution in [-0.2, 0) is 0 Å². The van der Waals surface area contributed by atoms with Crippen LogP contribution in [0.3, 0.4) is 0 Å². The van der Waals surface area contributed by atoms with Gasteiger partial charge in [-0.25, -0.2) is 9.97 Å². The van der Waals surface area contributed by atoms with Gasteiger partial charge in [-0.2, -0.15) is 0 Å². The average molecular weight is 358 g/mol. The predicted molar refractivity (Wildman–Crippen MR) is 93.8 cm³/mol. The fourth-order valence-corrected chi connectivity index (χ4v) is 2.50. The second-order valence-corrected chi connectivity index (χ2v) is 5.43. The highest BCUT2D eigenvalue weighted by Crippen LogP contribution is 2.12. The molecule has 8 heteroatoms. The van der Waals surface area contributed by atoms with Gasteiger partial charge in [0.25, 0.3) is 5.91 Å². The highest BCUT2D eigenvalue weighted by Gasteiger charge is 2.23. The number of aromatic nitrogens is 3. The molecule has 0 aromatic carbocycles. The normalized spacial score (nSPS) is 20.0. The van der Waals surface area contributed by atoms with Crippen molar-refractivity contribution in [2.45, 2.75) is 19.4 Å². The van der Waals surface area contributed by atoms with E-state index in [9.17, 15) is 4.79 Å². The Hall–Kier alpha value is -1.63. The van der Waals surface area contributed by atoms with Crippen molar-refractivity contribution in [2.75, 3.05) is 13.1 Å². The zero-order chi connectivity index (χ0) is 14.7. The van der Waals surface area contributed by atoms with Crippen molar-refractivity contribution < 1.29 is 4.79 Å². The van der Waals surface area contributed by atoms with Crippen LogP contribution in [0.25, 0.3) is 5.82 Å². The van der Waals surface area contributed by atoms with E-state index in [0.29, 0.717) is 11.5 Å². The van der Waals surface area contributed by atoms with Crippen LogP contribution in [0.2, 0.25) is 0 Å². The van der Waals surface area contributed by atoms with Crippen LogP contribution in [0.4, 0.5) is 0 Å².